The van der Waals surface area contributed by atoms with E-state index in [1.54, 1.807) is 33.5 Å². The molecule has 2 atom stereocenters. The predicted molar refractivity (Wildman–Crippen MR) is 101 cm³/mol. The molecule has 1 saturated heterocycles. The van der Waals surface area contributed by atoms with Crippen LogP contribution in [0.4, 0.5) is 0 Å². The van der Waals surface area contributed by atoms with Crippen molar-refractivity contribution in [3.63, 3.8) is 0 Å². The lowest BCUT2D eigenvalue weighted by Gasteiger charge is -2.32. The van der Waals surface area contributed by atoms with Gasteiger partial charge in [-0.3, -0.25) is 4.79 Å². The number of para-hydroxylation sites is 1. The molecule has 1 aromatic rings. The van der Waals surface area contributed by atoms with Gasteiger partial charge in [-0.1, -0.05) is 26.0 Å². The molecule has 0 aliphatic carbocycles. The second kappa shape index (κ2) is 8.16. The third kappa shape index (κ3) is 4.12. The summed E-state index contributed by atoms with van der Waals surface area (Å²) in [7, 11) is -2.17. The normalized spacial score (nSPS) is 25.1. The largest absolute Gasteiger partial charge is 0.487 e. The summed E-state index contributed by atoms with van der Waals surface area (Å²) in [6.45, 7) is 5.50. The number of likely N-dealkylation sites (tertiary alicyclic amines) is 1. The maximum Gasteiger partial charge on any atom is 0.248 e. The van der Waals surface area contributed by atoms with Crippen LogP contribution in [0.5, 0.6) is 5.75 Å². The van der Waals surface area contributed by atoms with E-state index in [-0.39, 0.29) is 35.5 Å². The lowest BCUT2D eigenvalue weighted by molar-refractivity contribution is -0.135. The topological polar surface area (TPSA) is 76.1 Å². The number of ether oxygens (including phenoxy) is 2. The number of carbonyl (C=O) groups is 1. The average Bonchev–Trinajstić information content (AvgIpc) is 2.86. The van der Waals surface area contributed by atoms with E-state index in [2.05, 4.69) is 0 Å². The summed E-state index contributed by atoms with van der Waals surface area (Å²) >= 11 is 0. The Morgan fingerprint density at radius 3 is 2.67 bits per heavy atom. The summed E-state index contributed by atoms with van der Waals surface area (Å²) in [6, 6.07) is 6.52. The number of carbonyl (C=O) groups excluding carboxylic acids is 1. The molecule has 8 heteroatoms. The minimum Gasteiger partial charge on any atom is -0.487 e. The van der Waals surface area contributed by atoms with Crippen molar-refractivity contribution in [2.45, 2.75) is 43.7 Å². The van der Waals surface area contributed by atoms with Gasteiger partial charge in [0.25, 0.3) is 0 Å². The highest BCUT2D eigenvalue weighted by atomic mass is 32.2. The van der Waals surface area contributed by atoms with Crippen LogP contribution in [-0.2, 0) is 19.6 Å². The van der Waals surface area contributed by atoms with Crippen LogP contribution in [0.15, 0.2) is 29.2 Å². The summed E-state index contributed by atoms with van der Waals surface area (Å²) in [5.74, 6) is 0.503. The second-order valence-electron chi connectivity index (χ2n) is 7.53. The number of rotatable bonds is 4. The van der Waals surface area contributed by atoms with Gasteiger partial charge in [-0.15, -0.1) is 0 Å². The van der Waals surface area contributed by atoms with E-state index < -0.39 is 10.0 Å². The maximum absolute atomic E-state index is 13.4. The Morgan fingerprint density at radius 2 is 1.96 bits per heavy atom. The first kappa shape index (κ1) is 20.1. The summed E-state index contributed by atoms with van der Waals surface area (Å²) < 4.78 is 39.5. The zero-order valence-corrected chi connectivity index (χ0v) is 16.9. The van der Waals surface area contributed by atoms with Crippen molar-refractivity contribution < 1.29 is 22.7 Å². The molecule has 2 aliphatic rings. The van der Waals surface area contributed by atoms with Crippen molar-refractivity contribution in [2.75, 3.05) is 33.4 Å². The minimum absolute atomic E-state index is 0.0348. The van der Waals surface area contributed by atoms with E-state index in [1.807, 2.05) is 13.8 Å². The smallest absolute Gasteiger partial charge is 0.248 e. The lowest BCUT2D eigenvalue weighted by Crippen LogP contribution is -2.48. The third-order valence-corrected chi connectivity index (χ3v) is 6.99. The molecule has 0 spiro atoms. The van der Waals surface area contributed by atoms with Crippen molar-refractivity contribution in [2.24, 2.45) is 5.92 Å². The molecule has 2 aliphatic heterocycles. The quantitative estimate of drug-likeness (QED) is 0.775. The Morgan fingerprint density at radius 1 is 1.26 bits per heavy atom. The third-order valence-electron chi connectivity index (χ3n) is 5.06. The van der Waals surface area contributed by atoms with Crippen LogP contribution in [0.25, 0.3) is 0 Å². The van der Waals surface area contributed by atoms with E-state index in [1.165, 1.54) is 7.11 Å². The molecule has 1 aromatic carbocycles. The van der Waals surface area contributed by atoms with Crippen molar-refractivity contribution in [1.29, 1.82) is 0 Å². The maximum atomic E-state index is 13.4. The zero-order valence-electron chi connectivity index (χ0n) is 16.1. The van der Waals surface area contributed by atoms with E-state index in [0.717, 1.165) is 0 Å². The molecule has 27 heavy (non-hydrogen) atoms. The standard InChI is InChI=1S/C19H28N2O5S/c1-14(2)12-21-15-8-10-20(19(22)13-25-3)11-9-16(15)26-17-6-4-5-7-18(17)27(21,23)24/h4-7,14-16H,8-13H2,1-3H3/t15-,16-/m1/s1. The minimum atomic E-state index is -3.67. The molecule has 0 radical (unpaired) electrons. The Labute approximate surface area is 161 Å². The molecule has 0 N–H and O–H groups in total. The lowest BCUT2D eigenvalue weighted by atomic mass is 10.0. The second-order valence-corrected chi connectivity index (χ2v) is 9.39. The molecule has 0 saturated carbocycles. The van der Waals surface area contributed by atoms with Crippen molar-refractivity contribution in [3.05, 3.63) is 24.3 Å². The van der Waals surface area contributed by atoms with Crippen molar-refractivity contribution >= 4 is 15.9 Å². The Balaban J connectivity index is 1.97. The van der Waals surface area contributed by atoms with Gasteiger partial charge < -0.3 is 14.4 Å². The molecule has 2 heterocycles. The predicted octanol–water partition coefficient (Wildman–Crippen LogP) is 1.73. The van der Waals surface area contributed by atoms with Crippen LogP contribution < -0.4 is 4.74 Å². The van der Waals surface area contributed by atoms with Crippen LogP contribution in [0.3, 0.4) is 0 Å². The SMILES string of the molecule is COCC(=O)N1CC[C@@H]2[C@@H](CC1)Oc1ccccc1S(=O)(=O)N2CC(C)C. The van der Waals surface area contributed by atoms with Gasteiger partial charge in [0.2, 0.25) is 15.9 Å². The summed E-state index contributed by atoms with van der Waals surface area (Å²) in [4.78, 5) is 14.2. The van der Waals surface area contributed by atoms with Crippen LogP contribution in [0, 0.1) is 5.92 Å². The summed E-state index contributed by atoms with van der Waals surface area (Å²) in [5, 5.41) is 0. The van der Waals surface area contributed by atoms with Gasteiger partial charge in [0.05, 0.1) is 6.04 Å². The van der Waals surface area contributed by atoms with Gasteiger partial charge in [-0.25, -0.2) is 8.42 Å². The Hall–Kier alpha value is -1.64. The van der Waals surface area contributed by atoms with E-state index in [4.69, 9.17) is 9.47 Å². The van der Waals surface area contributed by atoms with Gasteiger partial charge in [0.15, 0.2) is 0 Å². The summed E-state index contributed by atoms with van der Waals surface area (Å²) in [6.07, 6.45) is 0.834. The van der Waals surface area contributed by atoms with E-state index in [0.29, 0.717) is 38.2 Å². The molecule has 1 amide bonds. The molecule has 1 fully saturated rings. The first-order chi connectivity index (χ1) is 12.8. The Bertz CT molecular complexity index is 780. The van der Waals surface area contributed by atoms with Gasteiger partial charge in [-0.05, 0) is 24.5 Å². The van der Waals surface area contributed by atoms with Gasteiger partial charge in [0.1, 0.15) is 23.4 Å². The van der Waals surface area contributed by atoms with Crippen LogP contribution in [0.1, 0.15) is 26.7 Å². The number of hydrogen-bond donors (Lipinski definition) is 0. The highest BCUT2D eigenvalue weighted by molar-refractivity contribution is 7.89. The molecule has 7 nitrogen and oxygen atoms in total. The fourth-order valence-corrected chi connectivity index (χ4v) is 5.78. The molecule has 150 valence electrons. The number of fused-ring (bicyclic) bond motifs is 2. The molecule has 0 bridgehead atoms. The number of hydrogen-bond acceptors (Lipinski definition) is 5. The van der Waals surface area contributed by atoms with Crippen LogP contribution in [0.2, 0.25) is 0 Å². The highest BCUT2D eigenvalue weighted by Crippen LogP contribution is 2.36. The van der Waals surface area contributed by atoms with E-state index >= 15 is 0 Å². The highest BCUT2D eigenvalue weighted by Gasteiger charge is 2.43. The van der Waals surface area contributed by atoms with E-state index in [9.17, 15) is 13.2 Å². The number of sulfonamides is 1. The zero-order chi connectivity index (χ0) is 19.6. The Kier molecular flexibility index (Phi) is 6.08. The number of nitrogens with zero attached hydrogens (tertiary/aromatic N) is 2. The van der Waals surface area contributed by atoms with Gasteiger partial charge in [0, 0.05) is 33.2 Å². The molecule has 0 aromatic heterocycles. The molecular weight excluding hydrogens is 368 g/mol. The van der Waals surface area contributed by atoms with Crippen molar-refractivity contribution in [1.82, 2.24) is 9.21 Å². The number of benzene rings is 1. The van der Waals surface area contributed by atoms with Crippen LogP contribution >= 0.6 is 0 Å². The number of methoxy groups -OCH3 is 1. The molecular formula is C19H28N2O5S. The molecule has 3 rings (SSSR count). The van der Waals surface area contributed by atoms with Crippen LogP contribution in [-0.4, -0.2) is 69.0 Å². The van der Waals surface area contributed by atoms with Gasteiger partial charge >= 0.3 is 0 Å². The molecule has 0 unspecified atom stereocenters. The number of amides is 1. The average molecular weight is 397 g/mol. The summed E-state index contributed by atoms with van der Waals surface area (Å²) in [5.41, 5.74) is 0. The van der Waals surface area contributed by atoms with Crippen molar-refractivity contribution in [3.8, 4) is 5.75 Å². The monoisotopic (exact) mass is 396 g/mol. The fraction of sp³-hybridized carbons (Fsp3) is 0.632. The first-order valence-electron chi connectivity index (χ1n) is 9.39. The first-order valence-corrected chi connectivity index (χ1v) is 10.8. The van der Waals surface area contributed by atoms with Gasteiger partial charge in [-0.2, -0.15) is 4.31 Å². The fourth-order valence-electron chi connectivity index (χ4n) is 3.81.